The first-order valence-electron chi connectivity index (χ1n) is 4.73. The van der Waals surface area contributed by atoms with E-state index in [9.17, 15) is 4.79 Å². The lowest BCUT2D eigenvalue weighted by Gasteiger charge is -2.04. The zero-order chi connectivity index (χ0) is 10.7. The first kappa shape index (κ1) is 11.2. The Kier molecular flexibility index (Phi) is 3.69. The first-order valence-corrected chi connectivity index (χ1v) is 5.52. The summed E-state index contributed by atoms with van der Waals surface area (Å²) in [6.45, 7) is 4.72. The monoisotopic (exact) mass is 255 g/mol. The number of rotatable bonds is 0. The molecule has 2 nitrogen and oxygen atoms in total. The molecule has 2 rings (SSSR count). The molecule has 0 saturated heterocycles. The number of nitrogens with zero attached hydrogens (tertiary/aromatic N) is 1. The van der Waals surface area contributed by atoms with Gasteiger partial charge in [0.1, 0.15) is 0 Å². The van der Waals surface area contributed by atoms with Gasteiger partial charge >= 0.3 is 0 Å². The molecule has 14 heavy (non-hydrogen) atoms. The molecule has 1 aromatic carbocycles. The molecule has 0 saturated carbocycles. The van der Waals surface area contributed by atoms with Crippen molar-refractivity contribution in [1.82, 2.24) is 4.90 Å². The van der Waals surface area contributed by atoms with Gasteiger partial charge in [0.05, 0.1) is 0 Å². The van der Waals surface area contributed by atoms with Gasteiger partial charge in [0, 0.05) is 23.6 Å². The second kappa shape index (κ2) is 4.60. The van der Waals surface area contributed by atoms with Crippen LogP contribution < -0.4 is 0 Å². The topological polar surface area (TPSA) is 20.3 Å². The maximum Gasteiger partial charge on any atom is 0.254 e. The molecule has 0 fully saturated rings. The quantitative estimate of drug-likeness (QED) is 0.698. The lowest BCUT2D eigenvalue weighted by Crippen LogP contribution is -2.17. The van der Waals surface area contributed by atoms with Crippen molar-refractivity contribution in [3.63, 3.8) is 0 Å². The average Bonchev–Trinajstić information content (AvgIpc) is 2.50. The predicted octanol–water partition coefficient (Wildman–Crippen LogP) is 3.06. The molecule has 0 bridgehead atoms. The number of benzene rings is 1. The summed E-state index contributed by atoms with van der Waals surface area (Å²) in [5.74, 6) is 0.117. The van der Waals surface area contributed by atoms with Crippen LogP contribution in [0.15, 0.2) is 22.7 Å². The fourth-order valence-electron chi connectivity index (χ4n) is 1.43. The largest absolute Gasteiger partial charge is 0.337 e. The van der Waals surface area contributed by atoms with Crippen molar-refractivity contribution < 1.29 is 4.79 Å². The Morgan fingerprint density at radius 3 is 2.57 bits per heavy atom. The van der Waals surface area contributed by atoms with E-state index < -0.39 is 0 Å². The molecule has 0 aliphatic carbocycles. The Morgan fingerprint density at radius 2 is 2.00 bits per heavy atom. The number of hydrogen-bond acceptors (Lipinski definition) is 1. The van der Waals surface area contributed by atoms with E-state index in [4.69, 9.17) is 0 Å². The standard InChI is InChI=1S/C9H8BrNO.C2H6/c1-11-5-7-6(9(11)12)3-2-4-8(7)10;1-2/h2-4H,5H2,1H3;1-2H3. The molecule has 76 valence electrons. The Hall–Kier alpha value is -0.830. The first-order chi connectivity index (χ1) is 6.70. The van der Waals surface area contributed by atoms with Crippen molar-refractivity contribution in [3.05, 3.63) is 33.8 Å². The van der Waals surface area contributed by atoms with E-state index in [1.165, 1.54) is 0 Å². The molecule has 3 heteroatoms. The van der Waals surface area contributed by atoms with E-state index in [0.717, 1.165) is 22.1 Å². The van der Waals surface area contributed by atoms with E-state index in [2.05, 4.69) is 15.9 Å². The number of hydrogen-bond donors (Lipinski definition) is 0. The molecule has 1 heterocycles. The van der Waals surface area contributed by atoms with Crippen molar-refractivity contribution in [1.29, 1.82) is 0 Å². The average molecular weight is 256 g/mol. The van der Waals surface area contributed by atoms with Crippen LogP contribution >= 0.6 is 15.9 Å². The number of halogens is 1. The summed E-state index contributed by atoms with van der Waals surface area (Å²) in [5, 5.41) is 0. The SMILES string of the molecule is CC.CN1Cc2c(Br)cccc2C1=O. The minimum absolute atomic E-state index is 0.117. The summed E-state index contributed by atoms with van der Waals surface area (Å²) >= 11 is 3.42. The number of fused-ring (bicyclic) bond motifs is 1. The lowest BCUT2D eigenvalue weighted by atomic mass is 10.1. The molecule has 1 aromatic rings. The minimum Gasteiger partial charge on any atom is -0.337 e. The molecule has 1 amide bonds. The van der Waals surface area contributed by atoms with E-state index in [1.54, 1.807) is 4.90 Å². The second-order valence-electron chi connectivity index (χ2n) is 2.93. The molecular formula is C11H14BrNO. The Labute approximate surface area is 93.0 Å². The van der Waals surface area contributed by atoms with Crippen LogP contribution in [0.2, 0.25) is 0 Å². The lowest BCUT2D eigenvalue weighted by molar-refractivity contribution is 0.0816. The Balaban J connectivity index is 0.000000461. The summed E-state index contributed by atoms with van der Waals surface area (Å²) in [6.07, 6.45) is 0. The Morgan fingerprint density at radius 1 is 1.36 bits per heavy atom. The van der Waals surface area contributed by atoms with E-state index >= 15 is 0 Å². The van der Waals surface area contributed by atoms with Gasteiger partial charge in [-0.05, 0) is 17.7 Å². The van der Waals surface area contributed by atoms with Crippen LogP contribution in [-0.2, 0) is 6.54 Å². The van der Waals surface area contributed by atoms with Gasteiger partial charge in [-0.1, -0.05) is 35.8 Å². The van der Waals surface area contributed by atoms with Crippen LogP contribution in [0.4, 0.5) is 0 Å². The summed E-state index contributed by atoms with van der Waals surface area (Å²) in [5.41, 5.74) is 1.93. The Bertz CT molecular complexity index is 349. The van der Waals surface area contributed by atoms with Crippen LogP contribution in [0.3, 0.4) is 0 Å². The van der Waals surface area contributed by atoms with E-state index in [-0.39, 0.29) is 5.91 Å². The van der Waals surface area contributed by atoms with Crippen molar-refractivity contribution >= 4 is 21.8 Å². The summed E-state index contributed by atoms with van der Waals surface area (Å²) in [6, 6.07) is 5.72. The summed E-state index contributed by atoms with van der Waals surface area (Å²) in [4.78, 5) is 13.2. The maximum absolute atomic E-state index is 11.5. The van der Waals surface area contributed by atoms with E-state index in [0.29, 0.717) is 0 Å². The molecule has 1 aliphatic heterocycles. The van der Waals surface area contributed by atoms with Gasteiger partial charge in [0.25, 0.3) is 5.91 Å². The zero-order valence-electron chi connectivity index (χ0n) is 8.67. The summed E-state index contributed by atoms with van der Waals surface area (Å²) < 4.78 is 1.03. The molecular weight excluding hydrogens is 242 g/mol. The molecule has 0 radical (unpaired) electrons. The van der Waals surface area contributed by atoms with Crippen LogP contribution in [0.25, 0.3) is 0 Å². The van der Waals surface area contributed by atoms with Crippen LogP contribution in [0, 0.1) is 0 Å². The van der Waals surface area contributed by atoms with Crippen molar-refractivity contribution in [2.24, 2.45) is 0 Å². The van der Waals surface area contributed by atoms with Crippen molar-refractivity contribution in [3.8, 4) is 0 Å². The third-order valence-electron chi connectivity index (χ3n) is 2.09. The zero-order valence-corrected chi connectivity index (χ0v) is 10.3. The molecule has 0 atom stereocenters. The fraction of sp³-hybridized carbons (Fsp3) is 0.364. The fourth-order valence-corrected chi connectivity index (χ4v) is 1.93. The predicted molar refractivity (Wildman–Crippen MR) is 61.3 cm³/mol. The normalized spacial score (nSPS) is 13.4. The molecule has 0 unspecified atom stereocenters. The van der Waals surface area contributed by atoms with Gasteiger partial charge in [0.15, 0.2) is 0 Å². The molecule has 0 N–H and O–H groups in total. The number of amides is 1. The maximum atomic E-state index is 11.5. The highest BCUT2D eigenvalue weighted by Crippen LogP contribution is 2.27. The number of carbonyl (C=O) groups excluding carboxylic acids is 1. The third-order valence-corrected chi connectivity index (χ3v) is 2.83. The third kappa shape index (κ3) is 1.82. The van der Waals surface area contributed by atoms with Crippen LogP contribution in [0.1, 0.15) is 29.8 Å². The van der Waals surface area contributed by atoms with Gasteiger partial charge in [-0.2, -0.15) is 0 Å². The minimum atomic E-state index is 0.117. The van der Waals surface area contributed by atoms with Gasteiger partial charge in [0.2, 0.25) is 0 Å². The van der Waals surface area contributed by atoms with E-state index in [1.807, 2.05) is 39.1 Å². The van der Waals surface area contributed by atoms with Gasteiger partial charge < -0.3 is 4.90 Å². The number of carbonyl (C=O) groups is 1. The highest BCUT2D eigenvalue weighted by molar-refractivity contribution is 9.10. The van der Waals surface area contributed by atoms with Crippen molar-refractivity contribution in [2.45, 2.75) is 20.4 Å². The smallest absolute Gasteiger partial charge is 0.254 e. The molecule has 0 aromatic heterocycles. The molecule has 0 spiro atoms. The van der Waals surface area contributed by atoms with Crippen molar-refractivity contribution in [2.75, 3.05) is 7.05 Å². The highest BCUT2D eigenvalue weighted by Gasteiger charge is 2.25. The van der Waals surface area contributed by atoms with Gasteiger partial charge in [-0.3, -0.25) is 4.79 Å². The summed E-state index contributed by atoms with van der Waals surface area (Å²) in [7, 11) is 1.81. The molecule has 1 aliphatic rings. The van der Waals surface area contributed by atoms with Gasteiger partial charge in [-0.15, -0.1) is 0 Å². The van der Waals surface area contributed by atoms with Crippen LogP contribution in [-0.4, -0.2) is 17.9 Å². The van der Waals surface area contributed by atoms with Gasteiger partial charge in [-0.25, -0.2) is 0 Å². The second-order valence-corrected chi connectivity index (χ2v) is 3.78. The van der Waals surface area contributed by atoms with Crippen LogP contribution in [0.5, 0.6) is 0 Å². The highest BCUT2D eigenvalue weighted by atomic mass is 79.9.